The van der Waals surface area contributed by atoms with Crippen molar-refractivity contribution in [1.82, 2.24) is 4.90 Å². The highest BCUT2D eigenvalue weighted by atomic mass is 35.5. The van der Waals surface area contributed by atoms with Crippen LogP contribution in [0.3, 0.4) is 0 Å². The van der Waals surface area contributed by atoms with E-state index in [1.54, 1.807) is 12.1 Å². The predicted molar refractivity (Wildman–Crippen MR) is 122 cm³/mol. The van der Waals surface area contributed by atoms with Crippen LogP contribution in [-0.2, 0) is 9.59 Å². The molecule has 3 rings (SSSR count). The molecule has 1 aliphatic rings. The summed E-state index contributed by atoms with van der Waals surface area (Å²) in [6, 6.07) is 15.9. The van der Waals surface area contributed by atoms with Gasteiger partial charge in [-0.15, -0.1) is 0 Å². The number of benzene rings is 2. The van der Waals surface area contributed by atoms with Crippen molar-refractivity contribution >= 4 is 41.2 Å². The summed E-state index contributed by atoms with van der Waals surface area (Å²) in [4.78, 5) is 20.7. The Morgan fingerprint density at radius 1 is 1.06 bits per heavy atom. The Kier molecular flexibility index (Phi) is 10.4. The number of nitrogens with zero attached hydrogens (tertiary/aromatic N) is 1. The van der Waals surface area contributed by atoms with E-state index in [0.29, 0.717) is 16.0 Å². The lowest BCUT2D eigenvalue weighted by molar-refractivity contribution is -0.159. The van der Waals surface area contributed by atoms with Gasteiger partial charge in [0.05, 0.1) is 16.7 Å². The van der Waals surface area contributed by atoms with Crippen LogP contribution in [0.15, 0.2) is 54.6 Å². The summed E-state index contributed by atoms with van der Waals surface area (Å²) in [5.74, 6) is -2.31. The van der Waals surface area contributed by atoms with Crippen molar-refractivity contribution in [2.24, 2.45) is 5.92 Å². The van der Waals surface area contributed by atoms with Gasteiger partial charge in [0.15, 0.2) is 0 Å². The van der Waals surface area contributed by atoms with Crippen LogP contribution in [0.25, 0.3) is 6.08 Å². The maximum absolute atomic E-state index is 9.10. The molecule has 1 fully saturated rings. The van der Waals surface area contributed by atoms with Gasteiger partial charge in [-0.3, -0.25) is 4.90 Å². The molecule has 0 saturated carbocycles. The van der Waals surface area contributed by atoms with Crippen molar-refractivity contribution in [1.29, 1.82) is 0 Å². The van der Waals surface area contributed by atoms with E-state index < -0.39 is 11.9 Å². The lowest BCUT2D eigenvalue weighted by atomic mass is 9.99. The van der Waals surface area contributed by atoms with Crippen molar-refractivity contribution in [2.75, 3.05) is 26.2 Å². The number of ether oxygens (including phenoxy) is 1. The van der Waals surface area contributed by atoms with Crippen LogP contribution < -0.4 is 4.74 Å². The average Bonchev–Trinajstić information content (AvgIpc) is 2.76. The van der Waals surface area contributed by atoms with Crippen LogP contribution in [0, 0.1) is 5.92 Å². The van der Waals surface area contributed by atoms with Gasteiger partial charge in [-0.05, 0) is 37.1 Å². The zero-order valence-electron chi connectivity index (χ0n) is 16.9. The number of halogens is 2. The minimum absolute atomic E-state index is 0.537. The molecule has 0 bridgehead atoms. The quantitative estimate of drug-likeness (QED) is 0.586. The van der Waals surface area contributed by atoms with Gasteiger partial charge in [-0.25, -0.2) is 9.59 Å². The first kappa shape index (κ1) is 24.7. The molecule has 1 unspecified atom stereocenters. The standard InChI is InChI=1S/C21H23Cl2NO.C2H2O4/c22-20-11-10-19(14-21(20)23)25-16-18-9-5-13-24(15-18)12-4-8-17-6-2-1-3-7-17;3-1(4)2(5)6/h1-4,6-8,10-11,14,18H,5,9,12-13,15-16H2;(H,3,4)(H,5,6)/b8-4+;. The fourth-order valence-electron chi connectivity index (χ4n) is 3.14. The molecule has 1 aliphatic heterocycles. The molecule has 2 aromatic carbocycles. The third-order valence-corrected chi connectivity index (χ3v) is 5.38. The van der Waals surface area contributed by atoms with Crippen molar-refractivity contribution in [3.63, 3.8) is 0 Å². The van der Waals surface area contributed by atoms with Gasteiger partial charge >= 0.3 is 11.9 Å². The van der Waals surface area contributed by atoms with E-state index in [0.717, 1.165) is 32.0 Å². The lowest BCUT2D eigenvalue weighted by Crippen LogP contribution is -2.37. The van der Waals surface area contributed by atoms with Crippen LogP contribution in [0.4, 0.5) is 0 Å². The van der Waals surface area contributed by atoms with E-state index in [9.17, 15) is 0 Å². The highest BCUT2D eigenvalue weighted by molar-refractivity contribution is 6.42. The Bertz CT molecular complexity index is 877. The van der Waals surface area contributed by atoms with Crippen LogP contribution in [0.2, 0.25) is 10.0 Å². The number of piperidine rings is 1. The molecule has 8 heteroatoms. The van der Waals surface area contributed by atoms with E-state index >= 15 is 0 Å². The number of rotatable bonds is 6. The predicted octanol–water partition coefficient (Wildman–Crippen LogP) is 4.95. The zero-order valence-corrected chi connectivity index (χ0v) is 18.4. The molecule has 1 atom stereocenters. The van der Waals surface area contributed by atoms with E-state index in [2.05, 4.69) is 41.3 Å². The molecule has 166 valence electrons. The molecular weight excluding hydrogens is 441 g/mol. The Hall–Kier alpha value is -2.54. The lowest BCUT2D eigenvalue weighted by Gasteiger charge is -2.31. The Morgan fingerprint density at radius 2 is 1.77 bits per heavy atom. The molecule has 0 spiro atoms. The second kappa shape index (κ2) is 13.0. The fourth-order valence-corrected chi connectivity index (χ4v) is 3.42. The van der Waals surface area contributed by atoms with Gasteiger partial charge in [0.2, 0.25) is 0 Å². The fraction of sp³-hybridized carbons (Fsp3) is 0.304. The van der Waals surface area contributed by atoms with Gasteiger partial charge in [-0.1, -0.05) is 65.7 Å². The Labute approximate surface area is 191 Å². The second-order valence-electron chi connectivity index (χ2n) is 7.08. The van der Waals surface area contributed by atoms with Crippen LogP contribution in [-0.4, -0.2) is 53.3 Å². The van der Waals surface area contributed by atoms with E-state index in [-0.39, 0.29) is 0 Å². The molecule has 31 heavy (non-hydrogen) atoms. The van der Waals surface area contributed by atoms with Gasteiger partial charge in [0, 0.05) is 25.1 Å². The number of hydrogen-bond acceptors (Lipinski definition) is 4. The summed E-state index contributed by atoms with van der Waals surface area (Å²) in [6.07, 6.45) is 6.86. The van der Waals surface area contributed by atoms with Crippen LogP contribution in [0.5, 0.6) is 5.75 Å². The molecule has 1 saturated heterocycles. The molecule has 0 amide bonds. The molecule has 2 aromatic rings. The summed E-state index contributed by atoms with van der Waals surface area (Å²) in [7, 11) is 0. The first-order valence-electron chi connectivity index (χ1n) is 9.83. The summed E-state index contributed by atoms with van der Waals surface area (Å²) in [5.41, 5.74) is 1.25. The van der Waals surface area contributed by atoms with E-state index in [1.165, 1.54) is 18.4 Å². The summed E-state index contributed by atoms with van der Waals surface area (Å²) in [5, 5.41) is 15.9. The number of aliphatic carboxylic acids is 2. The first-order chi connectivity index (χ1) is 14.8. The smallest absolute Gasteiger partial charge is 0.414 e. The molecule has 0 aliphatic carbocycles. The number of carbonyl (C=O) groups is 2. The summed E-state index contributed by atoms with van der Waals surface area (Å²) in [6.45, 7) is 3.93. The molecule has 6 nitrogen and oxygen atoms in total. The average molecular weight is 466 g/mol. The minimum Gasteiger partial charge on any atom is -0.493 e. The van der Waals surface area contributed by atoms with Gasteiger partial charge < -0.3 is 14.9 Å². The summed E-state index contributed by atoms with van der Waals surface area (Å²) < 4.78 is 5.92. The van der Waals surface area contributed by atoms with Crippen molar-refractivity contribution in [2.45, 2.75) is 12.8 Å². The van der Waals surface area contributed by atoms with Crippen molar-refractivity contribution in [3.8, 4) is 5.75 Å². The Morgan fingerprint density at radius 3 is 2.42 bits per heavy atom. The highest BCUT2D eigenvalue weighted by Gasteiger charge is 2.19. The van der Waals surface area contributed by atoms with Crippen LogP contribution >= 0.6 is 23.2 Å². The third kappa shape index (κ3) is 9.42. The Balaban J connectivity index is 0.000000501. The topological polar surface area (TPSA) is 87.1 Å². The van der Waals surface area contributed by atoms with E-state index in [4.69, 9.17) is 47.7 Å². The monoisotopic (exact) mass is 465 g/mol. The number of likely N-dealkylation sites (tertiary alicyclic amines) is 1. The molecule has 0 radical (unpaired) electrons. The van der Waals surface area contributed by atoms with Gasteiger partial charge in [0.1, 0.15) is 5.75 Å². The molecular formula is C23H25Cl2NO5. The number of carboxylic acid groups (broad SMARTS) is 2. The first-order valence-corrected chi connectivity index (χ1v) is 10.6. The molecule has 0 aromatic heterocycles. The largest absolute Gasteiger partial charge is 0.493 e. The third-order valence-electron chi connectivity index (χ3n) is 4.64. The number of carboxylic acids is 2. The zero-order chi connectivity index (χ0) is 22.6. The SMILES string of the molecule is Clc1ccc(OCC2CCCN(C/C=C/c3ccccc3)C2)cc1Cl.O=C(O)C(=O)O. The van der Waals surface area contributed by atoms with Crippen LogP contribution in [0.1, 0.15) is 18.4 Å². The summed E-state index contributed by atoms with van der Waals surface area (Å²) >= 11 is 12.0. The van der Waals surface area contributed by atoms with E-state index in [1.807, 2.05) is 12.1 Å². The van der Waals surface area contributed by atoms with Gasteiger partial charge in [-0.2, -0.15) is 0 Å². The maximum Gasteiger partial charge on any atom is 0.414 e. The highest BCUT2D eigenvalue weighted by Crippen LogP contribution is 2.27. The minimum atomic E-state index is -1.82. The second-order valence-corrected chi connectivity index (χ2v) is 7.89. The molecule has 2 N–H and O–H groups in total. The van der Waals surface area contributed by atoms with Gasteiger partial charge in [0.25, 0.3) is 0 Å². The number of hydrogen-bond donors (Lipinski definition) is 2. The molecule has 1 heterocycles. The maximum atomic E-state index is 9.10. The normalized spacial score (nSPS) is 16.4. The van der Waals surface area contributed by atoms with Crippen molar-refractivity contribution < 1.29 is 24.5 Å². The van der Waals surface area contributed by atoms with Crippen molar-refractivity contribution in [3.05, 3.63) is 70.2 Å².